The number of rotatable bonds is 4. The lowest BCUT2D eigenvalue weighted by Crippen LogP contribution is -2.44. The van der Waals surface area contributed by atoms with E-state index < -0.39 is 40.7 Å². The number of carbonyl (C=O) groups is 3. The third-order valence-electron chi connectivity index (χ3n) is 7.16. The number of amides is 2. The van der Waals surface area contributed by atoms with Crippen LogP contribution < -0.4 is 4.90 Å². The van der Waals surface area contributed by atoms with E-state index in [1.807, 2.05) is 35.2 Å². The molecule has 6 rings (SSSR count). The lowest BCUT2D eigenvalue weighted by Gasteiger charge is -2.35. The van der Waals surface area contributed by atoms with Crippen molar-refractivity contribution in [1.29, 1.82) is 0 Å². The number of nitro benzene ring substituents is 1. The minimum Gasteiger partial charge on any atom is -0.358 e. The number of fused-ring (bicyclic) bond motifs is 5. The summed E-state index contributed by atoms with van der Waals surface area (Å²) in [6, 6.07) is 18.0. The van der Waals surface area contributed by atoms with Gasteiger partial charge in [-0.05, 0) is 47.5 Å². The minimum absolute atomic E-state index is 0.123. The molecule has 0 N–H and O–H groups in total. The monoisotopic (exact) mass is 499 g/mol. The number of hydrogen-bond acceptors (Lipinski definition) is 6. The van der Waals surface area contributed by atoms with Crippen LogP contribution in [-0.2, 0) is 9.59 Å². The molecule has 0 radical (unpaired) electrons. The fourth-order valence-corrected chi connectivity index (χ4v) is 5.77. The lowest BCUT2D eigenvalue weighted by molar-refractivity contribution is -0.384. The van der Waals surface area contributed by atoms with Gasteiger partial charge in [0, 0.05) is 28.9 Å². The van der Waals surface area contributed by atoms with Crippen LogP contribution in [0, 0.1) is 22.0 Å². The predicted octanol–water partition coefficient (Wildman–Crippen LogP) is 4.65. The molecule has 2 amide bonds. The Bertz CT molecular complexity index is 1480. The van der Waals surface area contributed by atoms with Crippen molar-refractivity contribution in [3.8, 4) is 0 Å². The smallest absolute Gasteiger partial charge is 0.271 e. The maximum absolute atomic E-state index is 13.8. The number of Topliss-reactive ketones (excluding diaryl/α,β-unsaturated/α-hetero) is 1. The highest BCUT2D eigenvalue weighted by molar-refractivity contribution is 6.30. The topological polar surface area (TPSA) is 101 Å². The zero-order valence-corrected chi connectivity index (χ0v) is 19.4. The van der Waals surface area contributed by atoms with Crippen LogP contribution in [0.1, 0.15) is 27.5 Å². The number of nitro groups is 1. The van der Waals surface area contributed by atoms with Gasteiger partial charge in [0.05, 0.1) is 28.5 Å². The summed E-state index contributed by atoms with van der Waals surface area (Å²) in [6.45, 7) is 0. The van der Waals surface area contributed by atoms with Gasteiger partial charge in [-0.25, -0.2) is 4.90 Å². The summed E-state index contributed by atoms with van der Waals surface area (Å²) in [5.41, 5.74) is 2.03. The average molecular weight is 500 g/mol. The molecule has 0 aliphatic carbocycles. The molecule has 4 atom stereocenters. The first-order chi connectivity index (χ1) is 17.4. The van der Waals surface area contributed by atoms with Crippen molar-refractivity contribution in [2.24, 2.45) is 11.8 Å². The summed E-state index contributed by atoms with van der Waals surface area (Å²) < 4.78 is 0. The maximum Gasteiger partial charge on any atom is 0.271 e. The van der Waals surface area contributed by atoms with Crippen LogP contribution in [0.5, 0.6) is 0 Å². The average Bonchev–Trinajstić information content (AvgIpc) is 3.36. The van der Waals surface area contributed by atoms with Crippen molar-refractivity contribution >= 4 is 46.6 Å². The van der Waals surface area contributed by atoms with Crippen molar-refractivity contribution in [2.45, 2.75) is 12.1 Å². The molecule has 0 saturated carbocycles. The Labute approximate surface area is 210 Å². The molecule has 4 unspecified atom stereocenters. The second kappa shape index (κ2) is 8.13. The van der Waals surface area contributed by atoms with Gasteiger partial charge >= 0.3 is 0 Å². The van der Waals surface area contributed by atoms with Gasteiger partial charge in [-0.1, -0.05) is 41.9 Å². The highest BCUT2D eigenvalue weighted by Gasteiger charge is 2.64. The first kappa shape index (κ1) is 22.2. The van der Waals surface area contributed by atoms with Gasteiger partial charge < -0.3 is 4.90 Å². The Balaban J connectivity index is 1.49. The Morgan fingerprint density at radius 3 is 2.39 bits per heavy atom. The van der Waals surface area contributed by atoms with Crippen LogP contribution in [0.15, 0.2) is 79.0 Å². The number of anilines is 1. The van der Waals surface area contributed by atoms with Crippen LogP contribution >= 0.6 is 11.6 Å². The molecule has 3 aromatic carbocycles. The number of nitrogens with zero attached hydrogens (tertiary/aromatic N) is 3. The first-order valence-corrected chi connectivity index (χ1v) is 11.7. The van der Waals surface area contributed by atoms with E-state index in [4.69, 9.17) is 11.6 Å². The number of non-ortho nitro benzene ring substituents is 1. The molecule has 3 aliphatic heterocycles. The molecular weight excluding hydrogens is 482 g/mol. The van der Waals surface area contributed by atoms with Crippen molar-refractivity contribution in [2.75, 3.05) is 4.90 Å². The first-order valence-electron chi connectivity index (χ1n) is 11.3. The molecule has 0 spiro atoms. The predicted molar refractivity (Wildman–Crippen MR) is 132 cm³/mol. The Hall–Kier alpha value is -4.30. The Morgan fingerprint density at radius 1 is 0.917 bits per heavy atom. The standard InChI is InChI=1S/C27H18ClN3O5/c28-17-10-8-16(9-11-17)25(32)24-22-21(23-20-7-2-1-4-15(20)12-13-29(23)24)26(33)30(27(22)34)18-5-3-6-19(14-18)31(35)36/h1-14,21-24H. The van der Waals surface area contributed by atoms with Crippen molar-refractivity contribution in [3.63, 3.8) is 0 Å². The summed E-state index contributed by atoms with van der Waals surface area (Å²) in [4.78, 5) is 55.1. The molecule has 8 nitrogen and oxygen atoms in total. The summed E-state index contributed by atoms with van der Waals surface area (Å²) in [5, 5.41) is 11.8. The fraction of sp³-hybridized carbons (Fsp3) is 0.148. The van der Waals surface area contributed by atoms with E-state index in [-0.39, 0.29) is 17.2 Å². The van der Waals surface area contributed by atoms with E-state index in [2.05, 4.69) is 0 Å². The van der Waals surface area contributed by atoms with E-state index >= 15 is 0 Å². The summed E-state index contributed by atoms with van der Waals surface area (Å²) in [5.74, 6) is -3.10. The summed E-state index contributed by atoms with van der Waals surface area (Å²) in [6.07, 6.45) is 3.66. The molecule has 0 aromatic heterocycles. The van der Waals surface area contributed by atoms with Gasteiger partial charge in [-0.15, -0.1) is 0 Å². The third-order valence-corrected chi connectivity index (χ3v) is 7.41. The number of benzene rings is 3. The fourth-order valence-electron chi connectivity index (χ4n) is 5.64. The number of carbonyl (C=O) groups excluding carboxylic acids is 3. The number of imide groups is 1. The van der Waals surface area contributed by atoms with Gasteiger partial charge in [-0.2, -0.15) is 0 Å². The zero-order chi connectivity index (χ0) is 25.1. The SMILES string of the molecule is O=C(c1ccc(Cl)cc1)C1C2C(=O)N(c3cccc([N+](=O)[O-])c3)C(=O)C2C2c3ccccc3C=CN12. The molecule has 9 heteroatoms. The maximum atomic E-state index is 13.8. The molecular formula is C27H18ClN3O5. The van der Waals surface area contributed by atoms with Gasteiger partial charge in [0.15, 0.2) is 5.78 Å². The molecule has 3 heterocycles. The molecule has 3 aliphatic rings. The zero-order valence-electron chi connectivity index (χ0n) is 18.7. The minimum atomic E-state index is -0.958. The highest BCUT2D eigenvalue weighted by atomic mass is 35.5. The second-order valence-corrected chi connectivity index (χ2v) is 9.43. The summed E-state index contributed by atoms with van der Waals surface area (Å²) in [7, 11) is 0. The normalized spacial score (nSPS) is 23.9. The van der Waals surface area contributed by atoms with E-state index in [0.29, 0.717) is 10.6 Å². The molecule has 2 saturated heterocycles. The molecule has 178 valence electrons. The Kier molecular flexibility index (Phi) is 5.01. The number of hydrogen-bond donors (Lipinski definition) is 0. The molecule has 2 fully saturated rings. The van der Waals surface area contributed by atoms with E-state index in [1.165, 1.54) is 24.3 Å². The number of halogens is 1. The van der Waals surface area contributed by atoms with Crippen LogP contribution in [0.2, 0.25) is 5.02 Å². The van der Waals surface area contributed by atoms with E-state index in [1.54, 1.807) is 30.5 Å². The highest BCUT2D eigenvalue weighted by Crippen LogP contribution is 2.53. The van der Waals surface area contributed by atoms with Crippen LogP contribution in [0.25, 0.3) is 6.08 Å². The van der Waals surface area contributed by atoms with Gasteiger partial charge in [0.2, 0.25) is 11.8 Å². The largest absolute Gasteiger partial charge is 0.358 e. The van der Waals surface area contributed by atoms with Gasteiger partial charge in [0.1, 0.15) is 6.04 Å². The molecule has 3 aromatic rings. The lowest BCUT2D eigenvalue weighted by atomic mass is 9.83. The Morgan fingerprint density at radius 2 is 1.64 bits per heavy atom. The summed E-state index contributed by atoms with van der Waals surface area (Å²) >= 11 is 6.01. The molecule has 0 bridgehead atoms. The quantitative estimate of drug-likeness (QED) is 0.224. The van der Waals surface area contributed by atoms with Crippen molar-refractivity contribution in [1.82, 2.24) is 4.90 Å². The molecule has 36 heavy (non-hydrogen) atoms. The van der Waals surface area contributed by atoms with Crippen LogP contribution in [-0.4, -0.2) is 33.5 Å². The second-order valence-electron chi connectivity index (χ2n) is 8.99. The van der Waals surface area contributed by atoms with Crippen molar-refractivity contribution < 1.29 is 19.3 Å². The van der Waals surface area contributed by atoms with E-state index in [9.17, 15) is 24.5 Å². The van der Waals surface area contributed by atoms with Gasteiger partial charge in [0.25, 0.3) is 5.69 Å². The van der Waals surface area contributed by atoms with E-state index in [0.717, 1.165) is 16.0 Å². The van der Waals surface area contributed by atoms with Crippen LogP contribution in [0.3, 0.4) is 0 Å². The van der Waals surface area contributed by atoms with Gasteiger partial charge in [-0.3, -0.25) is 24.5 Å². The van der Waals surface area contributed by atoms with Crippen molar-refractivity contribution in [3.05, 3.63) is 111 Å². The number of ketones is 1. The third kappa shape index (κ3) is 3.18. The van der Waals surface area contributed by atoms with Crippen LogP contribution in [0.4, 0.5) is 11.4 Å².